The first-order valence-electron chi connectivity index (χ1n) is 12.8. The van der Waals surface area contributed by atoms with Crippen molar-refractivity contribution in [1.29, 1.82) is 5.41 Å². The molecule has 13 nitrogen and oxygen atoms in total. The van der Waals surface area contributed by atoms with Crippen molar-refractivity contribution in [2.24, 2.45) is 5.73 Å². The van der Waals surface area contributed by atoms with Gasteiger partial charge in [-0.15, -0.1) is 0 Å². The minimum atomic E-state index is -5.08. The predicted molar refractivity (Wildman–Crippen MR) is 152 cm³/mol. The predicted octanol–water partition coefficient (Wildman–Crippen LogP) is 3.04. The molecule has 0 bridgehead atoms. The van der Waals surface area contributed by atoms with Gasteiger partial charge in [0.25, 0.3) is 11.8 Å². The summed E-state index contributed by atoms with van der Waals surface area (Å²) in [5.41, 5.74) is 12.4. The molecule has 7 N–H and O–H groups in total. The number of carbonyl (C=O) groups excluding carboxylic acids is 2. The van der Waals surface area contributed by atoms with Crippen LogP contribution in [-0.2, 0) is 14.3 Å². The maximum atomic E-state index is 13.3. The number of nitrogens with zero attached hydrogens (tertiary/aromatic N) is 1. The molecule has 1 aromatic heterocycles. The van der Waals surface area contributed by atoms with Gasteiger partial charge in [-0.25, -0.2) is 4.79 Å². The molecule has 236 valence electrons. The van der Waals surface area contributed by atoms with Gasteiger partial charge < -0.3 is 30.4 Å². The van der Waals surface area contributed by atoms with E-state index in [2.05, 4.69) is 21.2 Å². The van der Waals surface area contributed by atoms with E-state index < -0.39 is 30.0 Å². The van der Waals surface area contributed by atoms with Gasteiger partial charge in [0, 0.05) is 30.8 Å². The van der Waals surface area contributed by atoms with E-state index in [-0.39, 0.29) is 5.84 Å². The molecule has 0 aliphatic heterocycles. The van der Waals surface area contributed by atoms with E-state index in [0.29, 0.717) is 53.7 Å². The molecule has 1 atom stereocenters. The monoisotopic (exact) mass is 620 g/mol. The van der Waals surface area contributed by atoms with Gasteiger partial charge in [-0.05, 0) is 61.0 Å². The number of benzene rings is 2. The number of pyridine rings is 1. The van der Waals surface area contributed by atoms with E-state index in [1.54, 1.807) is 67.9 Å². The lowest BCUT2D eigenvalue weighted by Gasteiger charge is -2.22. The largest absolute Gasteiger partial charge is 0.490 e. The van der Waals surface area contributed by atoms with Gasteiger partial charge in [0.15, 0.2) is 11.5 Å². The van der Waals surface area contributed by atoms with E-state index in [0.717, 1.165) is 0 Å². The van der Waals surface area contributed by atoms with Crippen LogP contribution in [0.5, 0.6) is 11.5 Å². The van der Waals surface area contributed by atoms with E-state index in [1.807, 2.05) is 6.92 Å². The van der Waals surface area contributed by atoms with Crippen molar-refractivity contribution in [2.75, 3.05) is 32.2 Å². The van der Waals surface area contributed by atoms with Crippen LogP contribution < -0.4 is 31.4 Å². The molecule has 16 heteroatoms. The number of carbonyl (C=O) groups is 3. The summed E-state index contributed by atoms with van der Waals surface area (Å²) in [6.07, 6.45) is -2.14. The molecule has 3 aromatic rings. The summed E-state index contributed by atoms with van der Waals surface area (Å²) >= 11 is 0. The average Bonchev–Trinajstić information content (AvgIpc) is 3.00. The van der Waals surface area contributed by atoms with Crippen LogP contribution >= 0.6 is 0 Å². The van der Waals surface area contributed by atoms with E-state index in [4.69, 9.17) is 35.3 Å². The minimum Gasteiger partial charge on any atom is -0.490 e. The molecular formula is C28H31F3N6O7. The van der Waals surface area contributed by atoms with Crippen molar-refractivity contribution in [2.45, 2.75) is 19.1 Å². The molecule has 2 amide bonds. The number of alkyl halides is 3. The summed E-state index contributed by atoms with van der Waals surface area (Å²) in [5.74, 6) is -2.89. The Morgan fingerprint density at radius 3 is 2.23 bits per heavy atom. The van der Waals surface area contributed by atoms with Crippen LogP contribution in [0.4, 0.5) is 18.9 Å². The van der Waals surface area contributed by atoms with Crippen molar-refractivity contribution >= 4 is 29.3 Å². The van der Waals surface area contributed by atoms with E-state index >= 15 is 0 Å². The first-order chi connectivity index (χ1) is 20.9. The van der Waals surface area contributed by atoms with Gasteiger partial charge in [-0.2, -0.15) is 13.2 Å². The summed E-state index contributed by atoms with van der Waals surface area (Å²) < 4.78 is 48.3. The summed E-state index contributed by atoms with van der Waals surface area (Å²) in [5, 5.41) is 17.9. The quantitative estimate of drug-likeness (QED) is 0.0757. The highest BCUT2D eigenvalue weighted by Crippen LogP contribution is 2.32. The molecule has 0 spiro atoms. The van der Waals surface area contributed by atoms with Crippen molar-refractivity contribution in [3.63, 3.8) is 0 Å². The third kappa shape index (κ3) is 11.1. The lowest BCUT2D eigenvalue weighted by molar-refractivity contribution is -0.192. The SMILES string of the molecule is CCOc1cc(C(Nc2ccc(C(=N)N)cc2)C(=O)NNC(=O)c2cccnc2)ccc1OCCOC.O=C(O)C(F)(F)F. The molecule has 0 aliphatic rings. The lowest BCUT2D eigenvalue weighted by Crippen LogP contribution is -2.45. The average molecular weight is 621 g/mol. The van der Waals surface area contributed by atoms with Crippen LogP contribution in [0.15, 0.2) is 67.0 Å². The van der Waals surface area contributed by atoms with Crippen molar-refractivity contribution < 1.29 is 46.9 Å². The second-order valence-electron chi connectivity index (χ2n) is 8.54. The van der Waals surface area contributed by atoms with Gasteiger partial charge in [0.05, 0.1) is 18.8 Å². The Hall–Kier alpha value is -5.38. The number of aromatic nitrogens is 1. The number of amides is 2. The highest BCUT2D eigenvalue weighted by Gasteiger charge is 2.38. The highest BCUT2D eigenvalue weighted by atomic mass is 19.4. The number of carboxylic acids is 1. The number of halogens is 3. The number of hydrogen-bond donors (Lipinski definition) is 6. The Bertz CT molecular complexity index is 1410. The summed E-state index contributed by atoms with van der Waals surface area (Å²) in [4.78, 5) is 38.5. The standard InChI is InChI=1S/C26H30N6O5.C2HF3O2/c1-3-36-22-15-18(8-11-21(22)37-14-13-35-2)23(30-20-9-6-17(7-10-20)24(27)28)26(34)32-31-25(33)19-5-4-12-29-16-19;3-2(4,5)1(6)7/h4-12,15-16,23,30H,3,13-14H2,1-2H3,(H3,27,28)(H,31,33)(H,32,34);(H,6,7). The molecule has 1 unspecified atom stereocenters. The first kappa shape index (κ1) is 34.8. The Labute approximate surface area is 250 Å². The Kier molecular flexibility index (Phi) is 13.4. The highest BCUT2D eigenvalue weighted by molar-refractivity contribution is 5.96. The number of methoxy groups -OCH3 is 1. The molecule has 0 saturated heterocycles. The second-order valence-corrected chi connectivity index (χ2v) is 8.54. The number of rotatable bonds is 12. The number of ether oxygens (including phenoxy) is 3. The van der Waals surface area contributed by atoms with Crippen molar-refractivity contribution in [3.8, 4) is 11.5 Å². The lowest BCUT2D eigenvalue weighted by atomic mass is 10.0. The molecule has 2 aromatic carbocycles. The maximum Gasteiger partial charge on any atom is 0.490 e. The first-order valence-corrected chi connectivity index (χ1v) is 12.8. The number of nitrogens with one attached hydrogen (secondary N) is 4. The normalized spacial score (nSPS) is 11.2. The zero-order valence-corrected chi connectivity index (χ0v) is 23.6. The fourth-order valence-corrected chi connectivity index (χ4v) is 3.30. The van der Waals surface area contributed by atoms with Gasteiger partial charge in [0.2, 0.25) is 0 Å². The number of amidine groups is 1. The Morgan fingerprint density at radius 2 is 1.68 bits per heavy atom. The molecule has 0 radical (unpaired) electrons. The van der Waals surface area contributed by atoms with Gasteiger partial charge in [0.1, 0.15) is 18.5 Å². The fraction of sp³-hybridized carbons (Fsp3) is 0.250. The Balaban J connectivity index is 0.000000860. The Morgan fingerprint density at radius 1 is 1.00 bits per heavy atom. The molecular weight excluding hydrogens is 589 g/mol. The van der Waals surface area contributed by atoms with Crippen LogP contribution in [0.2, 0.25) is 0 Å². The van der Waals surface area contributed by atoms with Crippen LogP contribution in [0.25, 0.3) is 0 Å². The number of carboxylic acid groups (broad SMARTS) is 1. The van der Waals surface area contributed by atoms with Crippen LogP contribution in [0, 0.1) is 5.41 Å². The van der Waals surface area contributed by atoms with Crippen molar-refractivity contribution in [1.82, 2.24) is 15.8 Å². The van der Waals surface area contributed by atoms with Crippen LogP contribution in [0.1, 0.15) is 34.5 Å². The third-order valence-electron chi connectivity index (χ3n) is 5.38. The van der Waals surface area contributed by atoms with E-state index in [1.165, 1.54) is 6.20 Å². The van der Waals surface area contributed by atoms with Gasteiger partial charge in [-0.3, -0.25) is 30.8 Å². The summed E-state index contributed by atoms with van der Waals surface area (Å²) in [7, 11) is 1.58. The topological polar surface area (TPSA) is 198 Å². The number of hydrogen-bond acceptors (Lipinski definition) is 9. The van der Waals surface area contributed by atoms with Crippen LogP contribution in [0.3, 0.4) is 0 Å². The zero-order valence-electron chi connectivity index (χ0n) is 23.6. The van der Waals surface area contributed by atoms with Gasteiger partial charge >= 0.3 is 12.1 Å². The number of anilines is 1. The smallest absolute Gasteiger partial charge is 0.490 e. The third-order valence-corrected chi connectivity index (χ3v) is 5.38. The summed E-state index contributed by atoms with van der Waals surface area (Å²) in [6.45, 7) is 2.98. The van der Waals surface area contributed by atoms with Crippen molar-refractivity contribution in [3.05, 3.63) is 83.7 Å². The number of hydrazine groups is 1. The van der Waals surface area contributed by atoms with E-state index in [9.17, 15) is 22.8 Å². The number of aliphatic carboxylic acids is 1. The molecule has 0 aliphatic carbocycles. The minimum absolute atomic E-state index is 0.0654. The molecule has 44 heavy (non-hydrogen) atoms. The number of nitrogen functional groups attached to an aromatic ring is 1. The molecule has 3 rings (SSSR count). The maximum absolute atomic E-state index is 13.3. The van der Waals surface area contributed by atoms with Crippen LogP contribution in [-0.4, -0.2) is 66.8 Å². The number of nitrogens with two attached hydrogens (primary N) is 1. The second kappa shape index (κ2) is 16.9. The fourth-order valence-electron chi connectivity index (χ4n) is 3.30. The van der Waals surface area contributed by atoms with Gasteiger partial charge in [-0.1, -0.05) is 6.07 Å². The molecule has 0 fully saturated rings. The molecule has 1 heterocycles. The molecule has 0 saturated carbocycles. The zero-order chi connectivity index (χ0) is 32.7. The summed E-state index contributed by atoms with van der Waals surface area (Å²) in [6, 6.07) is 14.2.